The van der Waals surface area contributed by atoms with E-state index < -0.39 is 6.04 Å². The van der Waals surface area contributed by atoms with Crippen LogP contribution >= 0.6 is 0 Å². The Hall–Kier alpha value is -2.44. The number of anilines is 1. The van der Waals surface area contributed by atoms with E-state index in [-0.39, 0.29) is 12.5 Å². The van der Waals surface area contributed by atoms with Crippen LogP contribution in [0, 0.1) is 0 Å². The van der Waals surface area contributed by atoms with E-state index in [0.29, 0.717) is 11.6 Å². The van der Waals surface area contributed by atoms with Crippen molar-refractivity contribution in [3.63, 3.8) is 0 Å². The number of carbonyl (C=O) groups excluding carboxylic acids is 1. The average molecular weight is 315 g/mol. The third-order valence-electron chi connectivity index (χ3n) is 3.22. The van der Waals surface area contributed by atoms with E-state index in [4.69, 9.17) is 15.2 Å². The molecule has 1 heterocycles. The Labute approximate surface area is 135 Å². The fourth-order valence-corrected chi connectivity index (χ4v) is 1.95. The number of hydrogen-bond acceptors (Lipinski definition) is 5. The molecule has 23 heavy (non-hydrogen) atoms. The highest BCUT2D eigenvalue weighted by Crippen LogP contribution is 2.21. The first-order valence-corrected chi connectivity index (χ1v) is 7.40. The van der Waals surface area contributed by atoms with Crippen molar-refractivity contribution in [2.45, 2.75) is 19.4 Å². The number of pyridine rings is 1. The number of nitrogens with zero attached hydrogens (tertiary/aromatic N) is 1. The lowest BCUT2D eigenvalue weighted by atomic mass is 10.2. The van der Waals surface area contributed by atoms with Crippen molar-refractivity contribution in [2.24, 2.45) is 5.73 Å². The molecule has 1 unspecified atom stereocenters. The quantitative estimate of drug-likeness (QED) is 0.819. The minimum Gasteiger partial charge on any atom is -0.439 e. The highest BCUT2D eigenvalue weighted by Gasteiger charge is 2.13. The molecule has 2 rings (SSSR count). The molecular weight excluding hydrogens is 294 g/mol. The molecule has 1 aromatic heterocycles. The Morgan fingerprint density at radius 3 is 2.83 bits per heavy atom. The number of benzene rings is 1. The molecule has 1 atom stereocenters. The molecule has 0 saturated carbocycles. The van der Waals surface area contributed by atoms with Gasteiger partial charge < -0.3 is 20.5 Å². The van der Waals surface area contributed by atoms with E-state index in [0.717, 1.165) is 12.2 Å². The van der Waals surface area contributed by atoms with E-state index in [2.05, 4.69) is 17.2 Å². The summed E-state index contributed by atoms with van der Waals surface area (Å²) in [5.41, 5.74) is 7.40. The minimum absolute atomic E-state index is 0.161. The number of rotatable bonds is 7. The van der Waals surface area contributed by atoms with Gasteiger partial charge in [-0.1, -0.05) is 19.1 Å². The first-order valence-electron chi connectivity index (χ1n) is 7.40. The first kappa shape index (κ1) is 16.9. The van der Waals surface area contributed by atoms with Gasteiger partial charge in [-0.25, -0.2) is 4.98 Å². The van der Waals surface area contributed by atoms with Crippen LogP contribution in [-0.4, -0.2) is 30.6 Å². The van der Waals surface area contributed by atoms with E-state index in [9.17, 15) is 4.79 Å². The fraction of sp³-hybridized carbons (Fsp3) is 0.294. The number of aromatic nitrogens is 1. The van der Waals surface area contributed by atoms with Crippen LogP contribution in [0.1, 0.15) is 12.5 Å². The zero-order chi connectivity index (χ0) is 16.7. The van der Waals surface area contributed by atoms with Gasteiger partial charge in [0.25, 0.3) is 0 Å². The van der Waals surface area contributed by atoms with Crippen LogP contribution in [0.2, 0.25) is 0 Å². The van der Waals surface area contributed by atoms with Gasteiger partial charge in [0.1, 0.15) is 11.8 Å². The number of hydrogen-bond donors (Lipinski definition) is 2. The third kappa shape index (κ3) is 5.05. The van der Waals surface area contributed by atoms with Crippen molar-refractivity contribution in [3.05, 3.63) is 48.2 Å². The average Bonchev–Trinajstić information content (AvgIpc) is 2.57. The van der Waals surface area contributed by atoms with E-state index in [1.165, 1.54) is 18.9 Å². The molecule has 6 nitrogen and oxygen atoms in total. The number of ether oxygens (including phenoxy) is 2. The smallest absolute Gasteiger partial charge is 0.243 e. The number of aryl methyl sites for hydroxylation is 1. The normalized spacial score (nSPS) is 11.8. The van der Waals surface area contributed by atoms with Gasteiger partial charge in [-0.2, -0.15) is 0 Å². The first-order chi connectivity index (χ1) is 11.1. The summed E-state index contributed by atoms with van der Waals surface area (Å²) in [5.74, 6) is 0.867. The van der Waals surface area contributed by atoms with Crippen molar-refractivity contribution in [2.75, 3.05) is 19.0 Å². The maximum atomic E-state index is 11.8. The van der Waals surface area contributed by atoms with E-state index in [1.54, 1.807) is 12.1 Å². The van der Waals surface area contributed by atoms with Gasteiger partial charge in [-0.3, -0.25) is 4.79 Å². The molecule has 0 fully saturated rings. The van der Waals surface area contributed by atoms with Crippen LogP contribution in [-0.2, 0) is 16.0 Å². The lowest BCUT2D eigenvalue weighted by Crippen LogP contribution is -2.39. The molecule has 2 aromatic rings. The Balaban J connectivity index is 1.97. The molecule has 122 valence electrons. The zero-order valence-corrected chi connectivity index (χ0v) is 13.3. The molecule has 1 aromatic carbocycles. The Kier molecular flexibility index (Phi) is 6.08. The second-order valence-electron chi connectivity index (χ2n) is 5.04. The summed E-state index contributed by atoms with van der Waals surface area (Å²) in [5, 5.41) is 2.67. The van der Waals surface area contributed by atoms with Crippen molar-refractivity contribution < 1.29 is 14.3 Å². The lowest BCUT2D eigenvalue weighted by Gasteiger charge is -2.11. The monoisotopic (exact) mass is 315 g/mol. The van der Waals surface area contributed by atoms with Gasteiger partial charge in [0.15, 0.2) is 0 Å². The molecule has 0 bridgehead atoms. The maximum Gasteiger partial charge on any atom is 0.243 e. The van der Waals surface area contributed by atoms with Crippen LogP contribution in [0.25, 0.3) is 0 Å². The standard InChI is InChI=1S/C17H21N3O3/c1-3-12-5-4-6-14(9-12)23-16-8-7-13(10-19-16)20-17(21)15(18)11-22-2/h4-10,15H,3,11,18H2,1-2H3,(H,20,21). The van der Waals surface area contributed by atoms with Crippen LogP contribution in [0.3, 0.4) is 0 Å². The van der Waals surface area contributed by atoms with Crippen LogP contribution in [0.15, 0.2) is 42.6 Å². The summed E-state index contributed by atoms with van der Waals surface area (Å²) in [7, 11) is 1.49. The summed E-state index contributed by atoms with van der Waals surface area (Å²) in [6.45, 7) is 2.25. The molecule has 0 saturated heterocycles. The van der Waals surface area contributed by atoms with Crippen LogP contribution in [0.4, 0.5) is 5.69 Å². The highest BCUT2D eigenvalue weighted by molar-refractivity contribution is 5.94. The van der Waals surface area contributed by atoms with Gasteiger partial charge in [-0.05, 0) is 30.2 Å². The van der Waals surface area contributed by atoms with Gasteiger partial charge in [-0.15, -0.1) is 0 Å². The summed E-state index contributed by atoms with van der Waals surface area (Å²) >= 11 is 0. The SMILES string of the molecule is CCc1cccc(Oc2ccc(NC(=O)C(N)COC)cn2)c1. The number of carbonyl (C=O) groups is 1. The third-order valence-corrected chi connectivity index (χ3v) is 3.22. The lowest BCUT2D eigenvalue weighted by molar-refractivity contribution is -0.118. The molecule has 0 aliphatic carbocycles. The Morgan fingerprint density at radius 2 is 2.17 bits per heavy atom. The minimum atomic E-state index is -0.715. The molecule has 0 aliphatic rings. The molecule has 0 radical (unpaired) electrons. The van der Waals surface area contributed by atoms with Crippen LogP contribution < -0.4 is 15.8 Å². The maximum absolute atomic E-state index is 11.8. The fourth-order valence-electron chi connectivity index (χ4n) is 1.95. The summed E-state index contributed by atoms with van der Waals surface area (Å²) < 4.78 is 10.5. The Morgan fingerprint density at radius 1 is 1.35 bits per heavy atom. The van der Waals surface area contributed by atoms with Crippen LogP contribution in [0.5, 0.6) is 11.6 Å². The number of nitrogens with two attached hydrogens (primary N) is 1. The van der Waals surface area contributed by atoms with E-state index in [1.807, 2.05) is 24.3 Å². The van der Waals surface area contributed by atoms with E-state index >= 15 is 0 Å². The second-order valence-corrected chi connectivity index (χ2v) is 5.04. The molecule has 1 amide bonds. The summed E-state index contributed by atoms with van der Waals surface area (Å²) in [6, 6.07) is 10.5. The molecule has 6 heteroatoms. The zero-order valence-electron chi connectivity index (χ0n) is 13.3. The summed E-state index contributed by atoms with van der Waals surface area (Å²) in [6.07, 6.45) is 2.47. The molecule has 0 aliphatic heterocycles. The van der Waals surface area contributed by atoms with Crippen molar-refractivity contribution in [1.82, 2.24) is 4.98 Å². The molecule has 0 spiro atoms. The number of nitrogens with one attached hydrogen (secondary N) is 1. The van der Waals surface area contributed by atoms with Crippen molar-refractivity contribution >= 4 is 11.6 Å². The van der Waals surface area contributed by atoms with Gasteiger partial charge in [0.05, 0.1) is 18.5 Å². The topological polar surface area (TPSA) is 86.5 Å². The largest absolute Gasteiger partial charge is 0.439 e. The highest BCUT2D eigenvalue weighted by atomic mass is 16.5. The number of amides is 1. The summed E-state index contributed by atoms with van der Waals surface area (Å²) in [4.78, 5) is 16.0. The van der Waals surface area contributed by atoms with Crippen molar-refractivity contribution in [3.8, 4) is 11.6 Å². The van der Waals surface area contributed by atoms with Crippen molar-refractivity contribution in [1.29, 1.82) is 0 Å². The van der Waals surface area contributed by atoms with Gasteiger partial charge in [0, 0.05) is 13.2 Å². The predicted molar refractivity (Wildman–Crippen MR) is 88.6 cm³/mol. The van der Waals surface area contributed by atoms with Gasteiger partial charge >= 0.3 is 0 Å². The molecular formula is C17H21N3O3. The Bertz CT molecular complexity index is 644. The molecule has 3 N–H and O–H groups in total. The van der Waals surface area contributed by atoms with Gasteiger partial charge in [0.2, 0.25) is 11.8 Å². The second kappa shape index (κ2) is 8.26. The number of methoxy groups -OCH3 is 1. The predicted octanol–water partition coefficient (Wildman–Crippen LogP) is 2.35.